The highest BCUT2D eigenvalue weighted by molar-refractivity contribution is 5.35. The van der Waals surface area contributed by atoms with Crippen LogP contribution < -0.4 is 10.6 Å². The molecule has 0 radical (unpaired) electrons. The van der Waals surface area contributed by atoms with Crippen molar-refractivity contribution in [2.24, 2.45) is 0 Å². The Balaban J connectivity index is 1.90. The van der Waals surface area contributed by atoms with Crippen molar-refractivity contribution < 1.29 is 0 Å². The number of nitrogens with one attached hydrogen (secondary N) is 3. The van der Waals surface area contributed by atoms with Crippen molar-refractivity contribution in [1.29, 1.82) is 0 Å². The van der Waals surface area contributed by atoms with Gasteiger partial charge < -0.3 is 15.6 Å². The number of H-pyrrole nitrogens is 1. The highest BCUT2D eigenvalue weighted by Crippen LogP contribution is 2.07. The predicted octanol–water partition coefficient (Wildman–Crippen LogP) is 0.788. The summed E-state index contributed by atoms with van der Waals surface area (Å²) >= 11 is 0. The average Bonchev–Trinajstić information content (AvgIpc) is 2.60. The highest BCUT2D eigenvalue weighted by Gasteiger charge is 2.13. The van der Waals surface area contributed by atoms with Gasteiger partial charge >= 0.3 is 0 Å². The Morgan fingerprint density at radius 1 is 1.55 bits per heavy atom. The zero-order valence-electron chi connectivity index (χ0n) is 6.43. The maximum absolute atomic E-state index is 3.40. The van der Waals surface area contributed by atoms with Gasteiger partial charge in [-0.1, -0.05) is 0 Å². The minimum atomic E-state index is 0.605. The van der Waals surface area contributed by atoms with Crippen LogP contribution in [-0.2, 0) is 0 Å². The molecule has 1 atom stereocenters. The van der Waals surface area contributed by atoms with Crippen LogP contribution in [0.25, 0.3) is 0 Å². The molecule has 0 bridgehead atoms. The van der Waals surface area contributed by atoms with Crippen molar-refractivity contribution in [3.8, 4) is 0 Å². The molecular weight excluding hydrogens is 138 g/mol. The molecule has 0 aliphatic carbocycles. The monoisotopic (exact) mass is 151 g/mol. The summed E-state index contributed by atoms with van der Waals surface area (Å²) in [6.07, 6.45) is 3.16. The van der Waals surface area contributed by atoms with Crippen LogP contribution in [0.15, 0.2) is 18.3 Å². The fourth-order valence-electron chi connectivity index (χ4n) is 1.42. The third kappa shape index (κ3) is 1.54. The lowest BCUT2D eigenvalue weighted by atomic mass is 10.3. The molecule has 2 heterocycles. The van der Waals surface area contributed by atoms with E-state index in [4.69, 9.17) is 0 Å². The third-order valence-electron chi connectivity index (χ3n) is 2.02. The number of hydrogen-bond acceptors (Lipinski definition) is 2. The molecule has 1 aromatic rings. The van der Waals surface area contributed by atoms with Crippen LogP contribution in [0.2, 0.25) is 0 Å². The Bertz CT molecular complexity index is 199. The molecule has 0 saturated carbocycles. The minimum absolute atomic E-state index is 0.605. The second-order valence-corrected chi connectivity index (χ2v) is 2.92. The molecule has 2 rings (SSSR count). The van der Waals surface area contributed by atoms with Gasteiger partial charge in [-0.25, -0.2) is 0 Å². The van der Waals surface area contributed by atoms with Crippen LogP contribution in [0, 0.1) is 0 Å². The summed E-state index contributed by atoms with van der Waals surface area (Å²) in [5, 5.41) is 6.71. The molecule has 1 saturated heterocycles. The van der Waals surface area contributed by atoms with E-state index in [0.29, 0.717) is 6.04 Å². The van der Waals surface area contributed by atoms with Crippen LogP contribution in [-0.4, -0.2) is 24.1 Å². The van der Waals surface area contributed by atoms with Gasteiger partial charge in [-0.2, -0.15) is 0 Å². The molecule has 0 aromatic carbocycles. The van der Waals surface area contributed by atoms with Gasteiger partial charge in [0.05, 0.1) is 0 Å². The van der Waals surface area contributed by atoms with Gasteiger partial charge in [0.1, 0.15) is 5.82 Å². The van der Waals surface area contributed by atoms with E-state index in [1.54, 1.807) is 0 Å². The van der Waals surface area contributed by atoms with Crippen molar-refractivity contribution >= 4 is 5.82 Å². The van der Waals surface area contributed by atoms with Gasteiger partial charge in [0.2, 0.25) is 0 Å². The summed E-state index contributed by atoms with van der Waals surface area (Å²) in [4.78, 5) is 3.13. The van der Waals surface area contributed by atoms with Crippen LogP contribution in [0.4, 0.5) is 5.82 Å². The zero-order chi connectivity index (χ0) is 7.52. The van der Waals surface area contributed by atoms with Gasteiger partial charge in [0, 0.05) is 18.8 Å². The SMILES string of the molecule is c1c[nH]c(NC2CCNC2)c1. The Labute approximate surface area is 66.2 Å². The molecule has 1 aromatic heterocycles. The lowest BCUT2D eigenvalue weighted by molar-refractivity contribution is 0.789. The fraction of sp³-hybridized carbons (Fsp3) is 0.500. The largest absolute Gasteiger partial charge is 0.368 e. The fourth-order valence-corrected chi connectivity index (χ4v) is 1.42. The molecule has 0 amide bonds. The molecule has 3 N–H and O–H groups in total. The average molecular weight is 151 g/mol. The van der Waals surface area contributed by atoms with Crippen molar-refractivity contribution in [2.45, 2.75) is 12.5 Å². The van der Waals surface area contributed by atoms with E-state index in [-0.39, 0.29) is 0 Å². The van der Waals surface area contributed by atoms with E-state index in [1.165, 1.54) is 6.42 Å². The summed E-state index contributed by atoms with van der Waals surface area (Å²) in [6.45, 7) is 2.22. The molecular formula is C8H13N3. The molecule has 11 heavy (non-hydrogen) atoms. The van der Waals surface area contributed by atoms with Gasteiger partial charge in [0.15, 0.2) is 0 Å². The lowest BCUT2D eigenvalue weighted by Crippen LogP contribution is -2.22. The van der Waals surface area contributed by atoms with Crippen LogP contribution in [0.5, 0.6) is 0 Å². The molecule has 0 spiro atoms. The minimum Gasteiger partial charge on any atom is -0.368 e. The molecule has 1 aliphatic rings. The Morgan fingerprint density at radius 3 is 3.18 bits per heavy atom. The van der Waals surface area contributed by atoms with E-state index in [1.807, 2.05) is 12.3 Å². The van der Waals surface area contributed by atoms with Crippen LogP contribution in [0.3, 0.4) is 0 Å². The van der Waals surface area contributed by atoms with E-state index in [2.05, 4.69) is 21.7 Å². The van der Waals surface area contributed by atoms with Crippen LogP contribution >= 0.6 is 0 Å². The molecule has 60 valence electrons. The standard InChI is InChI=1S/C8H13N3/c1-2-8(10-4-1)11-7-3-5-9-6-7/h1-2,4,7,9-11H,3,5-6H2. The number of aromatic amines is 1. The second-order valence-electron chi connectivity index (χ2n) is 2.92. The summed E-state index contributed by atoms with van der Waals surface area (Å²) in [5.74, 6) is 1.12. The maximum Gasteiger partial charge on any atom is 0.103 e. The van der Waals surface area contributed by atoms with Crippen molar-refractivity contribution in [1.82, 2.24) is 10.3 Å². The van der Waals surface area contributed by atoms with Crippen LogP contribution in [0.1, 0.15) is 6.42 Å². The summed E-state index contributed by atoms with van der Waals surface area (Å²) in [5.41, 5.74) is 0. The summed E-state index contributed by atoms with van der Waals surface area (Å²) < 4.78 is 0. The summed E-state index contributed by atoms with van der Waals surface area (Å²) in [6, 6.07) is 4.66. The first-order valence-corrected chi connectivity index (χ1v) is 4.06. The van der Waals surface area contributed by atoms with Crippen molar-refractivity contribution in [3.63, 3.8) is 0 Å². The topological polar surface area (TPSA) is 39.9 Å². The number of hydrogen-bond donors (Lipinski definition) is 3. The Kier molecular flexibility index (Phi) is 1.81. The normalized spacial score (nSPS) is 23.8. The molecule has 3 nitrogen and oxygen atoms in total. The third-order valence-corrected chi connectivity index (χ3v) is 2.02. The first kappa shape index (κ1) is 6.73. The van der Waals surface area contributed by atoms with Gasteiger partial charge in [-0.05, 0) is 25.1 Å². The smallest absolute Gasteiger partial charge is 0.103 e. The van der Waals surface area contributed by atoms with E-state index in [0.717, 1.165) is 18.9 Å². The zero-order valence-corrected chi connectivity index (χ0v) is 6.43. The van der Waals surface area contributed by atoms with E-state index in [9.17, 15) is 0 Å². The van der Waals surface area contributed by atoms with E-state index >= 15 is 0 Å². The first-order valence-electron chi connectivity index (χ1n) is 4.06. The maximum atomic E-state index is 3.40. The van der Waals surface area contributed by atoms with Crippen molar-refractivity contribution in [2.75, 3.05) is 18.4 Å². The van der Waals surface area contributed by atoms with Crippen molar-refractivity contribution in [3.05, 3.63) is 18.3 Å². The van der Waals surface area contributed by atoms with Gasteiger partial charge in [-0.15, -0.1) is 0 Å². The second kappa shape index (κ2) is 2.96. The molecule has 1 unspecified atom stereocenters. The molecule has 3 heteroatoms. The number of rotatable bonds is 2. The highest BCUT2D eigenvalue weighted by atomic mass is 15.1. The lowest BCUT2D eigenvalue weighted by Gasteiger charge is -2.09. The molecule has 1 aliphatic heterocycles. The summed E-state index contributed by atoms with van der Waals surface area (Å²) in [7, 11) is 0. The number of anilines is 1. The van der Waals surface area contributed by atoms with E-state index < -0.39 is 0 Å². The quantitative estimate of drug-likeness (QED) is 0.584. The number of aromatic nitrogens is 1. The first-order chi connectivity index (χ1) is 5.45. The Morgan fingerprint density at radius 2 is 2.55 bits per heavy atom. The molecule has 1 fully saturated rings. The van der Waals surface area contributed by atoms with Gasteiger partial charge in [-0.3, -0.25) is 0 Å². The Hall–Kier alpha value is -0.960. The van der Waals surface area contributed by atoms with Gasteiger partial charge in [0.25, 0.3) is 0 Å². The predicted molar refractivity (Wildman–Crippen MR) is 45.7 cm³/mol.